The van der Waals surface area contributed by atoms with Crippen LogP contribution in [0.1, 0.15) is 20.8 Å². The summed E-state index contributed by atoms with van der Waals surface area (Å²) in [6, 6.07) is 6.73. The molecule has 0 saturated carbocycles. The van der Waals surface area contributed by atoms with Gasteiger partial charge in [-0.3, -0.25) is 0 Å². The van der Waals surface area contributed by atoms with Crippen molar-refractivity contribution in [2.24, 2.45) is 0 Å². The Balaban J connectivity index is 2.39. The second-order valence-electron chi connectivity index (χ2n) is 3.63. The molecule has 1 unspecified atom stereocenters. The van der Waals surface area contributed by atoms with Gasteiger partial charge in [0.25, 0.3) is 0 Å². The molecule has 0 radical (unpaired) electrons. The van der Waals surface area contributed by atoms with Crippen molar-refractivity contribution in [3.63, 3.8) is 0 Å². The van der Waals surface area contributed by atoms with Gasteiger partial charge in [-0.15, -0.1) is 11.3 Å². The molecule has 0 aliphatic heterocycles. The normalized spacial score (nSPS) is 12.8. The first-order chi connectivity index (χ1) is 7.99. The molecule has 1 atom stereocenters. The highest BCUT2D eigenvalue weighted by molar-refractivity contribution is 9.11. The van der Waals surface area contributed by atoms with Crippen LogP contribution in [0.15, 0.2) is 28.7 Å². The average Bonchev–Trinajstić information content (AvgIpc) is 2.58. The minimum absolute atomic E-state index is 0.0219. The number of hydrogen-bond acceptors (Lipinski definition) is 1. The first-order valence-electron chi connectivity index (χ1n) is 4.84. The summed E-state index contributed by atoms with van der Waals surface area (Å²) in [5.74, 6) is -0.249. The minimum atomic E-state index is -0.249. The third-order valence-electron chi connectivity index (χ3n) is 2.36. The second-order valence-corrected chi connectivity index (χ2v) is 7.09. The highest BCUT2D eigenvalue weighted by atomic mass is 79.9. The van der Waals surface area contributed by atoms with Crippen LogP contribution in [-0.4, -0.2) is 0 Å². The molecule has 0 fully saturated rings. The lowest BCUT2D eigenvalue weighted by Crippen LogP contribution is -1.92. The maximum Gasteiger partial charge on any atom is 0.124 e. The summed E-state index contributed by atoms with van der Waals surface area (Å²) in [5, 5.41) is 0. The van der Waals surface area contributed by atoms with Gasteiger partial charge in [0.05, 0.1) is 9.16 Å². The van der Waals surface area contributed by atoms with Gasteiger partial charge < -0.3 is 0 Å². The Morgan fingerprint density at radius 2 is 2.06 bits per heavy atom. The molecular weight excluding hydrogens is 390 g/mol. The first-order valence-corrected chi connectivity index (χ1v) is 7.74. The second kappa shape index (κ2) is 5.39. The van der Waals surface area contributed by atoms with E-state index in [9.17, 15) is 4.39 Å². The Bertz CT molecular complexity index is 534. The van der Waals surface area contributed by atoms with Crippen molar-refractivity contribution in [1.82, 2.24) is 0 Å². The van der Waals surface area contributed by atoms with E-state index in [0.717, 1.165) is 24.8 Å². The van der Waals surface area contributed by atoms with Crippen LogP contribution in [0.2, 0.25) is 4.34 Å². The van der Waals surface area contributed by atoms with Crippen LogP contribution in [-0.2, 0) is 0 Å². The Morgan fingerprint density at radius 3 is 2.59 bits per heavy atom. The Hall–Kier alpha value is 0.1000. The van der Waals surface area contributed by atoms with Gasteiger partial charge in [0.15, 0.2) is 0 Å². The Morgan fingerprint density at radius 1 is 1.35 bits per heavy atom. The molecule has 2 rings (SSSR count). The van der Waals surface area contributed by atoms with Gasteiger partial charge in [0.2, 0.25) is 0 Å². The lowest BCUT2D eigenvalue weighted by Gasteiger charge is -2.10. The molecule has 0 N–H and O–H groups in total. The predicted molar refractivity (Wildman–Crippen MR) is 78.9 cm³/mol. The highest BCUT2D eigenvalue weighted by Crippen LogP contribution is 2.41. The van der Waals surface area contributed by atoms with E-state index in [1.807, 2.05) is 13.0 Å². The number of rotatable bonds is 2. The summed E-state index contributed by atoms with van der Waals surface area (Å²) in [7, 11) is 0. The minimum Gasteiger partial charge on any atom is -0.207 e. The largest absolute Gasteiger partial charge is 0.207 e. The van der Waals surface area contributed by atoms with Crippen molar-refractivity contribution in [3.05, 3.63) is 54.9 Å². The van der Waals surface area contributed by atoms with Crippen molar-refractivity contribution >= 4 is 54.8 Å². The van der Waals surface area contributed by atoms with Crippen molar-refractivity contribution in [2.45, 2.75) is 11.8 Å². The zero-order chi connectivity index (χ0) is 12.6. The van der Waals surface area contributed by atoms with E-state index in [1.165, 1.54) is 23.5 Å². The molecule has 0 aliphatic rings. The van der Waals surface area contributed by atoms with Gasteiger partial charge >= 0.3 is 0 Å². The quantitative estimate of drug-likeness (QED) is 0.537. The summed E-state index contributed by atoms with van der Waals surface area (Å²) in [6.07, 6.45) is 0. The molecule has 1 aromatic carbocycles. The number of thiophene rings is 1. The number of hydrogen-bond donors (Lipinski definition) is 0. The van der Waals surface area contributed by atoms with Crippen LogP contribution in [0.4, 0.5) is 4.39 Å². The summed E-state index contributed by atoms with van der Waals surface area (Å²) in [6.45, 7) is 1.97. The number of halogens is 4. The van der Waals surface area contributed by atoms with Crippen molar-refractivity contribution in [2.75, 3.05) is 0 Å². The molecular formula is C12H8Br2ClFS. The molecule has 0 saturated heterocycles. The lowest BCUT2D eigenvalue weighted by atomic mass is 10.1. The van der Waals surface area contributed by atoms with Gasteiger partial charge in [0, 0.05) is 9.35 Å². The monoisotopic (exact) mass is 396 g/mol. The van der Waals surface area contributed by atoms with E-state index in [4.69, 9.17) is 11.6 Å². The van der Waals surface area contributed by atoms with Gasteiger partial charge in [0.1, 0.15) is 5.82 Å². The third kappa shape index (κ3) is 2.92. The van der Waals surface area contributed by atoms with Crippen molar-refractivity contribution in [3.8, 4) is 0 Å². The molecule has 0 amide bonds. The van der Waals surface area contributed by atoms with Crippen LogP contribution in [0.5, 0.6) is 0 Å². The molecule has 1 heterocycles. The molecule has 0 aliphatic carbocycles. The average molecular weight is 399 g/mol. The fraction of sp³-hybridized carbons (Fsp3) is 0.167. The fourth-order valence-corrected chi connectivity index (χ4v) is 4.38. The van der Waals surface area contributed by atoms with Gasteiger partial charge in [-0.05, 0) is 36.2 Å². The van der Waals surface area contributed by atoms with E-state index in [2.05, 4.69) is 31.9 Å². The summed E-state index contributed by atoms with van der Waals surface area (Å²) >= 11 is 14.6. The maximum absolute atomic E-state index is 13.0. The predicted octanol–water partition coefficient (Wildman–Crippen LogP) is 6.10. The van der Waals surface area contributed by atoms with Crippen LogP contribution >= 0.6 is 54.8 Å². The van der Waals surface area contributed by atoms with E-state index in [1.54, 1.807) is 6.07 Å². The molecule has 0 bridgehead atoms. The van der Waals surface area contributed by atoms with Crippen molar-refractivity contribution < 1.29 is 4.39 Å². The van der Waals surface area contributed by atoms with Crippen LogP contribution < -0.4 is 0 Å². The first kappa shape index (κ1) is 13.5. The van der Waals surface area contributed by atoms with Crippen LogP contribution in [0, 0.1) is 12.7 Å². The van der Waals surface area contributed by atoms with E-state index in [0.29, 0.717) is 0 Å². The van der Waals surface area contributed by atoms with Crippen LogP contribution in [0.3, 0.4) is 0 Å². The number of benzene rings is 1. The Labute approximate surface area is 125 Å². The fourth-order valence-electron chi connectivity index (χ4n) is 1.47. The molecule has 0 spiro atoms. The molecule has 1 aromatic heterocycles. The van der Waals surface area contributed by atoms with E-state index < -0.39 is 0 Å². The zero-order valence-electron chi connectivity index (χ0n) is 8.81. The SMILES string of the molecule is Cc1cc(C(Br)c2ccc(F)cc2Br)sc1Cl. The number of alkyl halides is 1. The molecule has 2 aromatic rings. The van der Waals surface area contributed by atoms with Crippen LogP contribution in [0.25, 0.3) is 0 Å². The maximum atomic E-state index is 13.0. The Kier molecular flexibility index (Phi) is 4.29. The molecule has 5 heteroatoms. The smallest absolute Gasteiger partial charge is 0.124 e. The third-order valence-corrected chi connectivity index (χ3v) is 5.96. The van der Waals surface area contributed by atoms with E-state index in [-0.39, 0.29) is 10.6 Å². The zero-order valence-corrected chi connectivity index (χ0v) is 13.6. The van der Waals surface area contributed by atoms with Gasteiger partial charge in [-0.2, -0.15) is 0 Å². The van der Waals surface area contributed by atoms with Gasteiger partial charge in [-0.1, -0.05) is 49.5 Å². The van der Waals surface area contributed by atoms with Crippen molar-refractivity contribution in [1.29, 1.82) is 0 Å². The molecule has 17 heavy (non-hydrogen) atoms. The number of aryl methyl sites for hydroxylation is 1. The standard InChI is InChI=1S/C12H8Br2ClFS/c1-6-4-10(17-12(6)15)11(14)8-3-2-7(16)5-9(8)13/h2-5,11H,1H3. The lowest BCUT2D eigenvalue weighted by molar-refractivity contribution is 0.626. The summed E-state index contributed by atoms with van der Waals surface area (Å²) in [4.78, 5) is 1.13. The highest BCUT2D eigenvalue weighted by Gasteiger charge is 2.17. The van der Waals surface area contributed by atoms with Gasteiger partial charge in [-0.25, -0.2) is 4.39 Å². The summed E-state index contributed by atoms with van der Waals surface area (Å²) in [5.41, 5.74) is 2.05. The summed E-state index contributed by atoms with van der Waals surface area (Å²) < 4.78 is 14.6. The topological polar surface area (TPSA) is 0 Å². The van der Waals surface area contributed by atoms with E-state index >= 15 is 0 Å². The molecule has 90 valence electrons. The molecule has 0 nitrogen and oxygen atoms in total.